The second kappa shape index (κ2) is 8.01. The van der Waals surface area contributed by atoms with Crippen molar-refractivity contribution in [3.63, 3.8) is 0 Å². The Labute approximate surface area is 202 Å². The molecule has 5 aromatic rings. The SMILES string of the molecule is Cc1nn(-c2ccccc2)c2sc(C(=O)C(C#N)c3nc4sc5c(c4c(=O)[nH]3)CCCC5)cc12. The topological polar surface area (TPSA) is 104 Å². The van der Waals surface area contributed by atoms with Crippen LogP contribution in [-0.4, -0.2) is 25.5 Å². The minimum absolute atomic E-state index is 0.113. The molecule has 0 amide bonds. The second-order valence-electron chi connectivity index (χ2n) is 8.43. The lowest BCUT2D eigenvalue weighted by Gasteiger charge is -2.10. The predicted molar refractivity (Wildman–Crippen MR) is 133 cm³/mol. The molecule has 9 heteroatoms. The number of aromatic amines is 1. The molecule has 0 fully saturated rings. The van der Waals surface area contributed by atoms with Crippen molar-refractivity contribution < 1.29 is 4.79 Å². The van der Waals surface area contributed by atoms with Crippen molar-refractivity contribution in [3.8, 4) is 11.8 Å². The van der Waals surface area contributed by atoms with Gasteiger partial charge in [-0.15, -0.1) is 22.7 Å². The van der Waals surface area contributed by atoms with E-state index >= 15 is 0 Å². The summed E-state index contributed by atoms with van der Waals surface area (Å²) in [5, 5.41) is 16.0. The van der Waals surface area contributed by atoms with Crippen molar-refractivity contribution >= 4 is 48.9 Å². The zero-order valence-corrected chi connectivity index (χ0v) is 19.9. The summed E-state index contributed by atoms with van der Waals surface area (Å²) < 4.78 is 1.82. The summed E-state index contributed by atoms with van der Waals surface area (Å²) >= 11 is 2.81. The Balaban J connectivity index is 1.42. The van der Waals surface area contributed by atoms with Crippen LogP contribution in [0.5, 0.6) is 0 Å². The van der Waals surface area contributed by atoms with Crippen molar-refractivity contribution in [1.82, 2.24) is 19.7 Å². The van der Waals surface area contributed by atoms with Gasteiger partial charge in [-0.25, -0.2) is 9.67 Å². The second-order valence-corrected chi connectivity index (χ2v) is 10.5. The number of rotatable bonds is 4. The van der Waals surface area contributed by atoms with E-state index in [4.69, 9.17) is 0 Å². The number of aromatic nitrogens is 4. The molecule has 1 unspecified atom stereocenters. The van der Waals surface area contributed by atoms with Gasteiger partial charge in [0.15, 0.2) is 11.7 Å². The summed E-state index contributed by atoms with van der Waals surface area (Å²) in [5.41, 5.74) is 2.52. The van der Waals surface area contributed by atoms with Gasteiger partial charge in [-0.2, -0.15) is 10.4 Å². The van der Waals surface area contributed by atoms with E-state index < -0.39 is 5.92 Å². The maximum absolute atomic E-state index is 13.4. The third-order valence-corrected chi connectivity index (χ3v) is 8.61. The van der Waals surface area contributed by atoms with Crippen LogP contribution in [0.25, 0.3) is 26.1 Å². The first kappa shape index (κ1) is 21.0. The normalized spacial score (nSPS) is 14.2. The number of ketones is 1. The van der Waals surface area contributed by atoms with Crippen molar-refractivity contribution in [2.45, 2.75) is 38.5 Å². The number of hydrogen-bond acceptors (Lipinski definition) is 7. The number of para-hydroxylation sites is 1. The van der Waals surface area contributed by atoms with Crippen LogP contribution in [0.4, 0.5) is 0 Å². The summed E-state index contributed by atoms with van der Waals surface area (Å²) in [5.74, 6) is -1.44. The number of aryl methyl sites for hydroxylation is 3. The largest absolute Gasteiger partial charge is 0.308 e. The minimum Gasteiger partial charge on any atom is -0.308 e. The monoisotopic (exact) mass is 485 g/mol. The maximum atomic E-state index is 13.4. The fourth-order valence-corrected chi connectivity index (χ4v) is 7.04. The van der Waals surface area contributed by atoms with Gasteiger partial charge in [0, 0.05) is 10.3 Å². The zero-order chi connectivity index (χ0) is 23.4. The molecule has 0 saturated carbocycles. The predicted octanol–water partition coefficient (Wildman–Crippen LogP) is 5.06. The van der Waals surface area contributed by atoms with Crippen LogP contribution in [0.2, 0.25) is 0 Å². The fraction of sp³-hybridized carbons (Fsp3) is 0.240. The summed E-state index contributed by atoms with van der Waals surface area (Å²) in [7, 11) is 0. The van der Waals surface area contributed by atoms with Crippen LogP contribution in [0.3, 0.4) is 0 Å². The molecule has 0 bridgehead atoms. The molecule has 6 rings (SSSR count). The Kier molecular flexibility index (Phi) is 4.94. The third kappa shape index (κ3) is 3.22. The van der Waals surface area contributed by atoms with E-state index in [0.717, 1.165) is 52.8 Å². The van der Waals surface area contributed by atoms with Crippen LogP contribution < -0.4 is 5.56 Å². The smallest absolute Gasteiger partial charge is 0.259 e. The number of benzene rings is 1. The molecule has 0 spiro atoms. The number of carbonyl (C=O) groups excluding carboxylic acids is 1. The Morgan fingerprint density at radius 3 is 2.79 bits per heavy atom. The fourth-order valence-electron chi connectivity index (χ4n) is 4.62. The first-order valence-corrected chi connectivity index (χ1v) is 12.7. The molecule has 34 heavy (non-hydrogen) atoms. The Morgan fingerprint density at radius 2 is 2.00 bits per heavy atom. The lowest BCUT2D eigenvalue weighted by molar-refractivity contribution is 0.0980. The Bertz CT molecular complexity index is 1680. The molecule has 4 heterocycles. The number of nitrogens with one attached hydrogen (secondary N) is 1. The molecule has 1 aliphatic carbocycles. The van der Waals surface area contributed by atoms with Crippen molar-refractivity contribution in [1.29, 1.82) is 5.26 Å². The molecule has 4 aromatic heterocycles. The highest BCUT2D eigenvalue weighted by Gasteiger charge is 2.29. The molecule has 0 aliphatic heterocycles. The van der Waals surface area contributed by atoms with Gasteiger partial charge < -0.3 is 4.98 Å². The quantitative estimate of drug-likeness (QED) is 0.358. The third-order valence-electron chi connectivity index (χ3n) is 6.30. The van der Waals surface area contributed by atoms with Gasteiger partial charge in [0.25, 0.3) is 5.56 Å². The summed E-state index contributed by atoms with van der Waals surface area (Å²) in [6, 6.07) is 13.6. The van der Waals surface area contributed by atoms with Crippen molar-refractivity contribution in [3.05, 3.63) is 73.6 Å². The van der Waals surface area contributed by atoms with E-state index in [9.17, 15) is 14.9 Å². The van der Waals surface area contributed by atoms with Gasteiger partial charge in [0.05, 0.1) is 27.7 Å². The van der Waals surface area contributed by atoms with Gasteiger partial charge >= 0.3 is 0 Å². The van der Waals surface area contributed by atoms with E-state index in [1.54, 1.807) is 6.07 Å². The molecule has 7 nitrogen and oxygen atoms in total. The van der Waals surface area contributed by atoms with Gasteiger partial charge in [-0.05, 0) is 56.4 Å². The van der Waals surface area contributed by atoms with Crippen LogP contribution in [0.15, 0.2) is 41.2 Å². The first-order valence-electron chi connectivity index (χ1n) is 11.1. The van der Waals surface area contributed by atoms with Crippen molar-refractivity contribution in [2.75, 3.05) is 0 Å². The molecule has 1 aliphatic rings. The van der Waals surface area contributed by atoms with Crippen molar-refractivity contribution in [2.24, 2.45) is 0 Å². The number of thiophene rings is 2. The average Bonchev–Trinajstić information content (AvgIpc) is 3.53. The van der Waals surface area contributed by atoms with E-state index in [1.807, 2.05) is 41.9 Å². The van der Waals surface area contributed by atoms with Gasteiger partial charge in [0.2, 0.25) is 0 Å². The van der Waals surface area contributed by atoms with Gasteiger partial charge in [0.1, 0.15) is 15.5 Å². The molecular weight excluding hydrogens is 466 g/mol. The van der Waals surface area contributed by atoms with E-state index in [-0.39, 0.29) is 17.2 Å². The Morgan fingerprint density at radius 1 is 1.21 bits per heavy atom. The minimum atomic E-state index is -1.18. The van der Waals surface area contributed by atoms with E-state index in [0.29, 0.717) is 15.1 Å². The molecule has 1 aromatic carbocycles. The van der Waals surface area contributed by atoms with E-state index in [2.05, 4.69) is 21.1 Å². The molecule has 168 valence electrons. The molecular formula is C25H19N5O2S2. The summed E-state index contributed by atoms with van der Waals surface area (Å²) in [4.78, 5) is 36.8. The van der Waals surface area contributed by atoms with Crippen LogP contribution in [0, 0.1) is 18.3 Å². The van der Waals surface area contributed by atoms with E-state index in [1.165, 1.54) is 27.6 Å². The lowest BCUT2D eigenvalue weighted by Crippen LogP contribution is -2.19. The highest BCUT2D eigenvalue weighted by Crippen LogP contribution is 2.35. The highest BCUT2D eigenvalue weighted by molar-refractivity contribution is 7.20. The molecule has 0 radical (unpaired) electrons. The standard InChI is InChI=1S/C25H19N5O2S2/c1-13-16-11-19(34-25(16)30(29-13)14-7-3-2-4-8-14)21(31)17(12-26)22-27-23(32)20-15-9-5-6-10-18(15)33-24(20)28-22/h2-4,7-8,11,17H,5-6,9-10H2,1H3,(H,27,28,32). The number of H-pyrrole nitrogens is 1. The molecule has 0 saturated heterocycles. The number of carbonyl (C=O) groups is 1. The average molecular weight is 486 g/mol. The number of nitriles is 1. The lowest BCUT2D eigenvalue weighted by atomic mass is 9.97. The van der Waals surface area contributed by atoms with Crippen LogP contribution in [-0.2, 0) is 12.8 Å². The molecule has 1 N–H and O–H groups in total. The van der Waals surface area contributed by atoms with Gasteiger partial charge in [-0.1, -0.05) is 18.2 Å². The maximum Gasteiger partial charge on any atom is 0.259 e. The highest BCUT2D eigenvalue weighted by atomic mass is 32.1. The summed E-state index contributed by atoms with van der Waals surface area (Å²) in [6.07, 6.45) is 3.99. The Hall–Kier alpha value is -3.61. The number of fused-ring (bicyclic) bond motifs is 4. The number of hydrogen-bond donors (Lipinski definition) is 1. The molecule has 1 atom stereocenters. The van der Waals surface area contributed by atoms with Crippen LogP contribution in [0.1, 0.15) is 50.4 Å². The number of Topliss-reactive ketones (excluding diaryl/α,β-unsaturated/α-hetero) is 1. The summed E-state index contributed by atoms with van der Waals surface area (Å²) in [6.45, 7) is 1.90. The number of nitrogens with zero attached hydrogens (tertiary/aromatic N) is 4. The first-order chi connectivity index (χ1) is 16.5. The zero-order valence-electron chi connectivity index (χ0n) is 18.3. The van der Waals surface area contributed by atoms with Gasteiger partial charge in [-0.3, -0.25) is 9.59 Å². The van der Waals surface area contributed by atoms with Crippen LogP contribution >= 0.6 is 22.7 Å².